The van der Waals surface area contributed by atoms with E-state index in [0.29, 0.717) is 12.2 Å². The van der Waals surface area contributed by atoms with Crippen molar-refractivity contribution in [1.82, 2.24) is 5.01 Å². The zero-order chi connectivity index (χ0) is 18.7. The third-order valence-electron chi connectivity index (χ3n) is 4.23. The maximum atomic E-state index is 12.6. The summed E-state index contributed by atoms with van der Waals surface area (Å²) in [5.41, 5.74) is 2.92. The fraction of sp³-hybridized carbons (Fsp3) is 0.350. The lowest BCUT2D eigenvalue weighted by molar-refractivity contribution is -0.155. The van der Waals surface area contributed by atoms with Gasteiger partial charge in [0.1, 0.15) is 11.8 Å². The van der Waals surface area contributed by atoms with Gasteiger partial charge in [0.2, 0.25) is 0 Å². The van der Waals surface area contributed by atoms with Crippen LogP contribution >= 0.6 is 0 Å². The van der Waals surface area contributed by atoms with Crippen LogP contribution in [0, 0.1) is 12.8 Å². The van der Waals surface area contributed by atoms with Crippen LogP contribution in [0.5, 0.6) is 0 Å². The Morgan fingerprint density at radius 1 is 1.27 bits per heavy atom. The van der Waals surface area contributed by atoms with E-state index in [4.69, 9.17) is 9.15 Å². The van der Waals surface area contributed by atoms with Crippen LogP contribution in [0.25, 0.3) is 0 Å². The number of hydrazone groups is 1. The van der Waals surface area contributed by atoms with Gasteiger partial charge in [0.25, 0.3) is 5.91 Å². The van der Waals surface area contributed by atoms with Crippen LogP contribution in [0.4, 0.5) is 0 Å². The van der Waals surface area contributed by atoms with Gasteiger partial charge in [0.15, 0.2) is 6.61 Å². The second-order valence-corrected chi connectivity index (χ2v) is 6.65. The molecule has 0 saturated carbocycles. The molecule has 3 rings (SSSR count). The first-order valence-electron chi connectivity index (χ1n) is 8.62. The van der Waals surface area contributed by atoms with Gasteiger partial charge in [0.05, 0.1) is 17.9 Å². The summed E-state index contributed by atoms with van der Waals surface area (Å²) in [5.74, 6) is -0.411. The van der Waals surface area contributed by atoms with E-state index in [9.17, 15) is 9.59 Å². The average Bonchev–Trinajstić information content (AvgIpc) is 3.29. The van der Waals surface area contributed by atoms with E-state index in [1.165, 1.54) is 5.01 Å². The molecule has 6 nitrogen and oxygen atoms in total. The first-order valence-corrected chi connectivity index (χ1v) is 8.62. The quantitative estimate of drug-likeness (QED) is 0.771. The Morgan fingerprint density at radius 3 is 2.62 bits per heavy atom. The molecular weight excluding hydrogens is 332 g/mol. The lowest BCUT2D eigenvalue weighted by Gasteiger charge is -2.19. The first kappa shape index (κ1) is 17.9. The molecule has 1 aliphatic rings. The van der Waals surface area contributed by atoms with Gasteiger partial charge in [-0.1, -0.05) is 43.7 Å². The van der Waals surface area contributed by atoms with Gasteiger partial charge < -0.3 is 9.15 Å². The van der Waals surface area contributed by atoms with E-state index in [-0.39, 0.29) is 24.5 Å². The number of ether oxygens (including phenoxy) is 1. The highest BCUT2D eigenvalue weighted by Gasteiger charge is 2.35. The molecule has 2 aromatic rings. The van der Waals surface area contributed by atoms with Crippen LogP contribution in [-0.2, 0) is 14.3 Å². The van der Waals surface area contributed by atoms with Crippen LogP contribution in [0.2, 0.25) is 0 Å². The van der Waals surface area contributed by atoms with Crippen molar-refractivity contribution in [3.63, 3.8) is 0 Å². The predicted octanol–water partition coefficient (Wildman–Crippen LogP) is 3.46. The number of furan rings is 1. The SMILES string of the molecule is Cc1ccc(C2=NN(C(=O)COC(=O)C(C)C)[C@@H](c3ccco3)C2)cc1. The van der Waals surface area contributed by atoms with Crippen molar-refractivity contribution in [2.24, 2.45) is 11.0 Å². The highest BCUT2D eigenvalue weighted by molar-refractivity contribution is 6.03. The predicted molar refractivity (Wildman–Crippen MR) is 96.4 cm³/mol. The molecule has 0 N–H and O–H groups in total. The summed E-state index contributed by atoms with van der Waals surface area (Å²) < 4.78 is 10.6. The van der Waals surface area contributed by atoms with E-state index in [0.717, 1.165) is 16.8 Å². The molecule has 0 radical (unpaired) electrons. The molecule has 136 valence electrons. The maximum absolute atomic E-state index is 12.6. The molecule has 1 atom stereocenters. The summed E-state index contributed by atoms with van der Waals surface area (Å²) in [5, 5.41) is 5.86. The van der Waals surface area contributed by atoms with Crippen LogP contribution in [0.1, 0.15) is 43.2 Å². The van der Waals surface area contributed by atoms with E-state index in [2.05, 4.69) is 5.10 Å². The van der Waals surface area contributed by atoms with Crippen molar-refractivity contribution >= 4 is 17.6 Å². The topological polar surface area (TPSA) is 72.1 Å². The fourth-order valence-corrected chi connectivity index (χ4v) is 2.73. The molecule has 0 spiro atoms. The molecule has 1 aromatic heterocycles. The highest BCUT2D eigenvalue weighted by atomic mass is 16.5. The van der Waals surface area contributed by atoms with Crippen molar-refractivity contribution in [2.75, 3.05) is 6.61 Å². The molecule has 0 unspecified atom stereocenters. The normalized spacial score (nSPS) is 16.7. The summed E-state index contributed by atoms with van der Waals surface area (Å²) in [7, 11) is 0. The highest BCUT2D eigenvalue weighted by Crippen LogP contribution is 2.33. The number of hydrogen-bond acceptors (Lipinski definition) is 5. The van der Waals surface area contributed by atoms with E-state index >= 15 is 0 Å². The van der Waals surface area contributed by atoms with Crippen molar-refractivity contribution in [3.05, 3.63) is 59.5 Å². The van der Waals surface area contributed by atoms with Crippen molar-refractivity contribution in [2.45, 2.75) is 33.2 Å². The zero-order valence-electron chi connectivity index (χ0n) is 15.1. The van der Waals surface area contributed by atoms with Crippen LogP contribution < -0.4 is 0 Å². The molecule has 2 heterocycles. The van der Waals surface area contributed by atoms with Gasteiger partial charge in [-0.2, -0.15) is 5.10 Å². The smallest absolute Gasteiger partial charge is 0.308 e. The molecule has 0 bridgehead atoms. The minimum atomic E-state index is -0.408. The minimum absolute atomic E-state index is 0.283. The van der Waals surface area contributed by atoms with Gasteiger partial charge in [-0.25, -0.2) is 5.01 Å². The molecule has 0 saturated heterocycles. The summed E-state index contributed by atoms with van der Waals surface area (Å²) >= 11 is 0. The Hall–Kier alpha value is -2.89. The standard InChI is InChI=1S/C20H22N2O4/c1-13(2)20(24)26-12-19(23)22-17(18-5-4-10-25-18)11-16(21-22)15-8-6-14(3)7-9-15/h4-10,13,17H,11-12H2,1-3H3/t17-/m1/s1. The molecule has 1 aromatic carbocycles. The minimum Gasteiger partial charge on any atom is -0.467 e. The molecular formula is C20H22N2O4. The third kappa shape index (κ3) is 3.85. The number of hydrogen-bond donors (Lipinski definition) is 0. The number of carbonyl (C=O) groups is 2. The number of esters is 1. The summed E-state index contributed by atoms with van der Waals surface area (Å²) in [6, 6.07) is 11.2. The Balaban J connectivity index is 1.81. The van der Waals surface area contributed by atoms with Crippen molar-refractivity contribution in [3.8, 4) is 0 Å². The monoisotopic (exact) mass is 354 g/mol. The Kier molecular flexibility index (Phi) is 5.21. The molecule has 1 aliphatic heterocycles. The second kappa shape index (κ2) is 7.56. The number of aryl methyl sites for hydroxylation is 1. The first-order chi connectivity index (χ1) is 12.5. The number of nitrogens with zero attached hydrogens (tertiary/aromatic N) is 2. The summed E-state index contributed by atoms with van der Waals surface area (Å²) in [4.78, 5) is 24.3. The van der Waals surface area contributed by atoms with Crippen LogP contribution in [-0.4, -0.2) is 29.2 Å². The Bertz CT molecular complexity index is 807. The van der Waals surface area contributed by atoms with Crippen LogP contribution in [0.15, 0.2) is 52.2 Å². The van der Waals surface area contributed by atoms with E-state index in [1.807, 2.05) is 37.3 Å². The van der Waals surface area contributed by atoms with E-state index < -0.39 is 5.97 Å². The molecule has 26 heavy (non-hydrogen) atoms. The van der Waals surface area contributed by atoms with Gasteiger partial charge in [0, 0.05) is 6.42 Å². The number of benzene rings is 1. The Labute approximate surface area is 152 Å². The lowest BCUT2D eigenvalue weighted by atomic mass is 10.0. The van der Waals surface area contributed by atoms with Gasteiger partial charge >= 0.3 is 5.97 Å². The van der Waals surface area contributed by atoms with Crippen molar-refractivity contribution < 1.29 is 18.7 Å². The fourth-order valence-electron chi connectivity index (χ4n) is 2.73. The van der Waals surface area contributed by atoms with Gasteiger partial charge in [-0.15, -0.1) is 0 Å². The number of carbonyl (C=O) groups excluding carboxylic acids is 2. The summed E-state index contributed by atoms with van der Waals surface area (Å²) in [6.07, 6.45) is 2.11. The third-order valence-corrected chi connectivity index (χ3v) is 4.23. The second-order valence-electron chi connectivity index (χ2n) is 6.65. The summed E-state index contributed by atoms with van der Waals surface area (Å²) in [6.45, 7) is 5.13. The maximum Gasteiger partial charge on any atom is 0.308 e. The average molecular weight is 354 g/mol. The molecule has 6 heteroatoms. The number of amides is 1. The van der Waals surface area contributed by atoms with Crippen molar-refractivity contribution in [1.29, 1.82) is 0 Å². The molecule has 1 amide bonds. The van der Waals surface area contributed by atoms with Gasteiger partial charge in [-0.3, -0.25) is 9.59 Å². The van der Waals surface area contributed by atoms with Gasteiger partial charge in [-0.05, 0) is 24.6 Å². The molecule has 0 fully saturated rings. The van der Waals surface area contributed by atoms with E-state index in [1.54, 1.807) is 26.2 Å². The lowest BCUT2D eigenvalue weighted by Crippen LogP contribution is -2.31. The largest absolute Gasteiger partial charge is 0.467 e. The van der Waals surface area contributed by atoms with Crippen LogP contribution in [0.3, 0.4) is 0 Å². The number of rotatable bonds is 5. The Morgan fingerprint density at radius 2 is 2.00 bits per heavy atom. The molecule has 0 aliphatic carbocycles. The zero-order valence-corrected chi connectivity index (χ0v) is 15.1.